The monoisotopic (exact) mass is 207 g/mol. The highest BCUT2D eigenvalue weighted by Gasteiger charge is 2.29. The number of halogens is 3. The molecule has 0 unspecified atom stereocenters. The molecule has 1 aromatic rings. The Kier molecular flexibility index (Phi) is 2.47. The van der Waals surface area contributed by atoms with E-state index in [0.717, 1.165) is 18.3 Å². The van der Waals surface area contributed by atoms with Crippen molar-refractivity contribution in [3.05, 3.63) is 29.6 Å². The number of hydrogen-bond donors (Lipinski definition) is 1. The number of rotatable bonds is 2. The lowest BCUT2D eigenvalue weighted by atomic mass is 10.2. The zero-order valence-corrected chi connectivity index (χ0v) is 6.92. The molecule has 0 spiro atoms. The molecule has 1 rings (SSSR count). The maximum Gasteiger partial charge on any atom is 0.364 e. The molecule has 0 amide bonds. The van der Waals surface area contributed by atoms with E-state index in [0.29, 0.717) is 0 Å². The van der Waals surface area contributed by atoms with Crippen LogP contribution in [0.5, 0.6) is 0 Å². The summed E-state index contributed by atoms with van der Waals surface area (Å²) < 4.78 is 24.7. The SMILES string of the molecule is O=C(O)c1ccc(C(F)(F)Cl)nc1. The smallest absolute Gasteiger partial charge is 0.364 e. The number of hydrogen-bond acceptors (Lipinski definition) is 2. The van der Waals surface area contributed by atoms with Gasteiger partial charge >= 0.3 is 11.4 Å². The minimum Gasteiger partial charge on any atom is -0.478 e. The first-order valence-corrected chi connectivity index (χ1v) is 3.55. The fourth-order valence-corrected chi connectivity index (χ4v) is 0.800. The third-order valence-corrected chi connectivity index (χ3v) is 1.49. The van der Waals surface area contributed by atoms with Gasteiger partial charge in [0.05, 0.1) is 5.56 Å². The first-order valence-electron chi connectivity index (χ1n) is 3.18. The van der Waals surface area contributed by atoms with Crippen LogP contribution in [-0.2, 0) is 5.38 Å². The highest BCUT2D eigenvalue weighted by molar-refractivity contribution is 6.21. The van der Waals surface area contributed by atoms with Gasteiger partial charge in [0.15, 0.2) is 0 Å². The van der Waals surface area contributed by atoms with Crippen LogP contribution in [0, 0.1) is 0 Å². The predicted molar refractivity (Wildman–Crippen MR) is 40.9 cm³/mol. The largest absolute Gasteiger partial charge is 0.478 e. The van der Waals surface area contributed by atoms with Crippen molar-refractivity contribution >= 4 is 17.6 Å². The Morgan fingerprint density at radius 2 is 2.15 bits per heavy atom. The van der Waals surface area contributed by atoms with Gasteiger partial charge in [0, 0.05) is 6.20 Å². The van der Waals surface area contributed by atoms with E-state index in [2.05, 4.69) is 16.6 Å². The molecule has 0 aliphatic carbocycles. The average Bonchev–Trinajstić information content (AvgIpc) is 2.03. The lowest BCUT2D eigenvalue weighted by molar-refractivity contribution is 0.0693. The minimum absolute atomic E-state index is 0.162. The normalized spacial score (nSPS) is 11.3. The molecular weight excluding hydrogens is 204 g/mol. The third kappa shape index (κ3) is 2.35. The standard InChI is InChI=1S/C7H4ClF2NO2/c8-7(9,10)5-2-1-4(3-11-5)6(12)13/h1-3H,(H,12,13). The van der Waals surface area contributed by atoms with Crippen LogP contribution in [0.2, 0.25) is 0 Å². The fourth-order valence-electron chi connectivity index (χ4n) is 0.688. The first-order chi connectivity index (χ1) is 5.91. The Hall–Kier alpha value is -1.23. The number of carboxylic acid groups (broad SMARTS) is 1. The number of pyridine rings is 1. The first kappa shape index (κ1) is 9.85. The van der Waals surface area contributed by atoms with E-state index in [4.69, 9.17) is 5.11 Å². The van der Waals surface area contributed by atoms with Gasteiger partial charge in [0.25, 0.3) is 0 Å². The average molecular weight is 208 g/mol. The molecule has 0 bridgehead atoms. The van der Waals surface area contributed by atoms with Gasteiger partial charge in [-0.1, -0.05) is 0 Å². The lowest BCUT2D eigenvalue weighted by Crippen LogP contribution is -2.07. The molecule has 0 atom stereocenters. The number of aromatic carboxylic acids is 1. The Morgan fingerprint density at radius 3 is 2.46 bits per heavy atom. The molecule has 0 aromatic carbocycles. The van der Waals surface area contributed by atoms with E-state index >= 15 is 0 Å². The Balaban J connectivity index is 3.01. The van der Waals surface area contributed by atoms with Crippen molar-refractivity contribution in [3.63, 3.8) is 0 Å². The summed E-state index contributed by atoms with van der Waals surface area (Å²) in [6, 6.07) is 1.89. The lowest BCUT2D eigenvalue weighted by Gasteiger charge is -2.05. The van der Waals surface area contributed by atoms with Crippen LogP contribution in [0.1, 0.15) is 16.1 Å². The Labute approximate surface area is 77.0 Å². The summed E-state index contributed by atoms with van der Waals surface area (Å²) in [5.74, 6) is -1.23. The van der Waals surface area contributed by atoms with E-state index in [1.54, 1.807) is 0 Å². The van der Waals surface area contributed by atoms with Gasteiger partial charge in [-0.05, 0) is 23.7 Å². The van der Waals surface area contributed by atoms with E-state index in [1.807, 2.05) is 0 Å². The Bertz CT molecular complexity index is 320. The molecule has 3 nitrogen and oxygen atoms in total. The van der Waals surface area contributed by atoms with Gasteiger partial charge < -0.3 is 5.11 Å². The molecule has 0 saturated heterocycles. The van der Waals surface area contributed by atoms with Gasteiger partial charge in [0.1, 0.15) is 5.69 Å². The van der Waals surface area contributed by atoms with Gasteiger partial charge in [-0.25, -0.2) is 4.79 Å². The van der Waals surface area contributed by atoms with Gasteiger partial charge in [-0.15, -0.1) is 0 Å². The van der Waals surface area contributed by atoms with Crippen LogP contribution in [0.15, 0.2) is 18.3 Å². The van der Waals surface area contributed by atoms with Crippen LogP contribution < -0.4 is 0 Å². The van der Waals surface area contributed by atoms with Gasteiger partial charge in [-0.3, -0.25) is 4.98 Å². The van der Waals surface area contributed by atoms with Crippen molar-refractivity contribution in [1.29, 1.82) is 0 Å². The van der Waals surface area contributed by atoms with Gasteiger partial charge in [0.2, 0.25) is 0 Å². The molecule has 0 saturated carbocycles. The van der Waals surface area contributed by atoms with Crippen LogP contribution >= 0.6 is 11.6 Å². The van der Waals surface area contributed by atoms with Gasteiger partial charge in [-0.2, -0.15) is 8.78 Å². The summed E-state index contributed by atoms with van der Waals surface area (Å²) in [6.07, 6.45) is 0.827. The van der Waals surface area contributed by atoms with Crippen LogP contribution in [0.3, 0.4) is 0 Å². The Morgan fingerprint density at radius 1 is 1.54 bits per heavy atom. The molecule has 1 N–H and O–H groups in total. The topological polar surface area (TPSA) is 50.2 Å². The summed E-state index contributed by atoms with van der Waals surface area (Å²) in [4.78, 5) is 13.5. The van der Waals surface area contributed by atoms with Crippen molar-refractivity contribution in [2.24, 2.45) is 0 Å². The number of aromatic nitrogens is 1. The molecule has 6 heteroatoms. The molecule has 1 aromatic heterocycles. The van der Waals surface area contributed by atoms with Crippen molar-refractivity contribution in [1.82, 2.24) is 4.98 Å². The number of nitrogens with zero attached hydrogens (tertiary/aromatic N) is 1. The highest BCUT2D eigenvalue weighted by Crippen LogP contribution is 2.30. The second kappa shape index (κ2) is 3.26. The summed E-state index contributed by atoms with van der Waals surface area (Å²) in [6.45, 7) is 0. The van der Waals surface area contributed by atoms with Crippen LogP contribution in [0.4, 0.5) is 8.78 Å². The molecular formula is C7H4ClF2NO2. The van der Waals surface area contributed by atoms with E-state index in [-0.39, 0.29) is 5.56 Å². The molecule has 0 radical (unpaired) electrons. The van der Waals surface area contributed by atoms with Crippen molar-refractivity contribution in [3.8, 4) is 0 Å². The fraction of sp³-hybridized carbons (Fsp3) is 0.143. The zero-order valence-electron chi connectivity index (χ0n) is 6.17. The highest BCUT2D eigenvalue weighted by atomic mass is 35.5. The molecule has 13 heavy (non-hydrogen) atoms. The van der Waals surface area contributed by atoms with Crippen molar-refractivity contribution in [2.45, 2.75) is 5.38 Å². The summed E-state index contributed by atoms with van der Waals surface area (Å²) in [7, 11) is 0. The second-order valence-corrected chi connectivity index (χ2v) is 2.71. The summed E-state index contributed by atoms with van der Waals surface area (Å²) >= 11 is 4.65. The van der Waals surface area contributed by atoms with Crippen LogP contribution in [0.25, 0.3) is 0 Å². The molecule has 70 valence electrons. The zero-order chi connectivity index (χ0) is 10.1. The molecule has 0 fully saturated rings. The van der Waals surface area contributed by atoms with Crippen molar-refractivity contribution < 1.29 is 18.7 Å². The quantitative estimate of drug-likeness (QED) is 0.756. The molecule has 0 aliphatic heterocycles. The molecule has 1 heterocycles. The number of carbonyl (C=O) groups is 1. The minimum atomic E-state index is -3.56. The van der Waals surface area contributed by atoms with E-state index in [9.17, 15) is 13.6 Å². The van der Waals surface area contributed by atoms with E-state index in [1.165, 1.54) is 0 Å². The third-order valence-electron chi connectivity index (χ3n) is 1.30. The van der Waals surface area contributed by atoms with Crippen LogP contribution in [-0.4, -0.2) is 16.1 Å². The summed E-state index contributed by atoms with van der Waals surface area (Å²) in [5.41, 5.74) is -0.830. The molecule has 0 aliphatic rings. The number of carboxylic acids is 1. The van der Waals surface area contributed by atoms with Crippen molar-refractivity contribution in [2.75, 3.05) is 0 Å². The number of alkyl halides is 3. The maximum atomic E-state index is 12.3. The van der Waals surface area contributed by atoms with E-state index < -0.39 is 17.0 Å². The predicted octanol–water partition coefficient (Wildman–Crippen LogP) is 2.07. The summed E-state index contributed by atoms with van der Waals surface area (Å²) in [5, 5.41) is 4.86. The second-order valence-electron chi connectivity index (χ2n) is 2.24. The maximum absolute atomic E-state index is 12.3.